The fourth-order valence-electron chi connectivity index (χ4n) is 5.51. The number of hydrogen-bond acceptors (Lipinski definition) is 4. The summed E-state index contributed by atoms with van der Waals surface area (Å²) in [5.74, 6) is -0.0361. The first-order valence-corrected chi connectivity index (χ1v) is 9.21. The Morgan fingerprint density at radius 1 is 1.48 bits per heavy atom. The molecule has 1 aromatic heterocycles. The molecule has 1 aromatic rings. The van der Waals surface area contributed by atoms with Crippen molar-refractivity contribution in [3.8, 4) is 0 Å². The molecule has 136 valence electrons. The van der Waals surface area contributed by atoms with Crippen molar-refractivity contribution < 1.29 is 18.7 Å². The smallest absolute Gasteiger partial charge is 0.311 e. The van der Waals surface area contributed by atoms with E-state index in [1.807, 2.05) is 13.0 Å². The topological polar surface area (TPSA) is 56.5 Å². The third-order valence-electron chi connectivity index (χ3n) is 6.79. The van der Waals surface area contributed by atoms with Crippen molar-refractivity contribution in [1.29, 1.82) is 0 Å². The summed E-state index contributed by atoms with van der Waals surface area (Å²) in [6.45, 7) is 6.28. The fraction of sp³-hybridized carbons (Fsp3) is 0.619. The van der Waals surface area contributed by atoms with Gasteiger partial charge in [-0.05, 0) is 68.9 Å². The Morgan fingerprint density at radius 3 is 2.92 bits per heavy atom. The summed E-state index contributed by atoms with van der Waals surface area (Å²) < 4.78 is 10.3. The Balaban J connectivity index is 1.93. The molecular formula is C21H28O4. The molecule has 1 heterocycles. The fourth-order valence-corrected chi connectivity index (χ4v) is 5.51. The number of methoxy groups -OCH3 is 1. The summed E-state index contributed by atoms with van der Waals surface area (Å²) >= 11 is 0. The van der Waals surface area contributed by atoms with Crippen LogP contribution >= 0.6 is 0 Å². The molecule has 4 heteroatoms. The van der Waals surface area contributed by atoms with E-state index in [2.05, 4.69) is 6.58 Å². The number of aldehydes is 1. The van der Waals surface area contributed by atoms with Crippen molar-refractivity contribution in [3.63, 3.8) is 0 Å². The molecule has 3 rings (SSSR count). The van der Waals surface area contributed by atoms with Gasteiger partial charge in [-0.15, -0.1) is 0 Å². The number of allylic oxidation sites excluding steroid dienone is 1. The highest BCUT2D eigenvalue weighted by Gasteiger charge is 2.60. The zero-order chi connectivity index (χ0) is 18.1. The number of aryl methyl sites for hydroxylation is 1. The van der Waals surface area contributed by atoms with Gasteiger partial charge in [0.1, 0.15) is 6.29 Å². The molecule has 2 aliphatic carbocycles. The molecule has 2 saturated carbocycles. The highest BCUT2D eigenvalue weighted by atomic mass is 16.5. The van der Waals surface area contributed by atoms with Crippen LogP contribution in [0.4, 0.5) is 0 Å². The Hall–Kier alpha value is -1.84. The van der Waals surface area contributed by atoms with Crippen LogP contribution < -0.4 is 0 Å². The number of carbonyl (C=O) groups is 2. The molecule has 4 atom stereocenters. The van der Waals surface area contributed by atoms with Gasteiger partial charge in [-0.2, -0.15) is 0 Å². The van der Waals surface area contributed by atoms with Gasteiger partial charge in [0, 0.05) is 5.41 Å². The summed E-state index contributed by atoms with van der Waals surface area (Å²) in [6, 6.07) is 1.97. The molecule has 0 bridgehead atoms. The van der Waals surface area contributed by atoms with Gasteiger partial charge in [0.05, 0.1) is 25.1 Å². The highest BCUT2D eigenvalue weighted by molar-refractivity contribution is 5.79. The standard InChI is InChI=1S/C21H28O4/c1-15-5-8-18-20(2,19(23)24-3)10-4-11-21(18,14-22)17(15)7-6-16-9-12-25-13-16/h9,12-14,17-18H,1,4-8,10-11H2,2-3H3. The van der Waals surface area contributed by atoms with E-state index in [-0.39, 0.29) is 17.8 Å². The Bertz CT molecular complexity index is 647. The first-order valence-electron chi connectivity index (χ1n) is 9.21. The van der Waals surface area contributed by atoms with Crippen LogP contribution in [0, 0.1) is 22.7 Å². The largest absolute Gasteiger partial charge is 0.472 e. The number of ether oxygens (including phenoxy) is 1. The lowest BCUT2D eigenvalue weighted by molar-refractivity contribution is -0.169. The SMILES string of the molecule is C=C1CCC2C(C)(C(=O)OC)CCCC2(C=O)C1CCc1ccoc1. The molecule has 4 nitrogen and oxygen atoms in total. The lowest BCUT2D eigenvalue weighted by Crippen LogP contribution is -2.55. The van der Waals surface area contributed by atoms with Crippen molar-refractivity contribution in [1.82, 2.24) is 0 Å². The molecule has 0 aromatic carbocycles. The zero-order valence-corrected chi connectivity index (χ0v) is 15.3. The Morgan fingerprint density at radius 2 is 2.28 bits per heavy atom. The number of furan rings is 1. The maximum Gasteiger partial charge on any atom is 0.311 e. The molecule has 2 fully saturated rings. The average Bonchev–Trinajstić information content (AvgIpc) is 3.13. The Kier molecular flexibility index (Phi) is 4.90. The van der Waals surface area contributed by atoms with E-state index in [1.165, 1.54) is 7.11 Å². The minimum atomic E-state index is -0.581. The summed E-state index contributed by atoms with van der Waals surface area (Å²) in [6.07, 6.45) is 10.5. The maximum atomic E-state index is 12.6. The molecule has 0 N–H and O–H groups in total. The summed E-state index contributed by atoms with van der Waals surface area (Å²) in [4.78, 5) is 25.0. The molecular weight excluding hydrogens is 316 g/mol. The summed E-state index contributed by atoms with van der Waals surface area (Å²) in [5, 5.41) is 0. The minimum absolute atomic E-state index is 0.0264. The van der Waals surface area contributed by atoms with Gasteiger partial charge < -0.3 is 13.9 Å². The second-order valence-electron chi connectivity index (χ2n) is 7.97. The minimum Gasteiger partial charge on any atom is -0.472 e. The van der Waals surface area contributed by atoms with Crippen LogP contribution in [0.1, 0.15) is 51.0 Å². The first-order chi connectivity index (χ1) is 12.0. The van der Waals surface area contributed by atoms with E-state index in [0.29, 0.717) is 0 Å². The van der Waals surface area contributed by atoms with E-state index < -0.39 is 10.8 Å². The van der Waals surface area contributed by atoms with Gasteiger partial charge in [-0.25, -0.2) is 0 Å². The van der Waals surface area contributed by atoms with Gasteiger partial charge in [0.15, 0.2) is 0 Å². The summed E-state index contributed by atoms with van der Waals surface area (Å²) in [5.41, 5.74) is 1.21. The van der Waals surface area contributed by atoms with Crippen LogP contribution in [0.2, 0.25) is 0 Å². The van der Waals surface area contributed by atoms with Crippen LogP contribution in [-0.2, 0) is 20.7 Å². The van der Waals surface area contributed by atoms with Gasteiger partial charge in [0.2, 0.25) is 0 Å². The molecule has 0 spiro atoms. The molecule has 0 aliphatic heterocycles. The van der Waals surface area contributed by atoms with Crippen molar-refractivity contribution in [3.05, 3.63) is 36.3 Å². The van der Waals surface area contributed by atoms with Crippen molar-refractivity contribution in [2.45, 2.75) is 51.9 Å². The first kappa shape index (κ1) is 18.0. The van der Waals surface area contributed by atoms with Crippen LogP contribution in [-0.4, -0.2) is 19.4 Å². The zero-order valence-electron chi connectivity index (χ0n) is 15.3. The van der Waals surface area contributed by atoms with E-state index in [1.54, 1.807) is 12.5 Å². The van der Waals surface area contributed by atoms with Crippen molar-refractivity contribution >= 4 is 12.3 Å². The van der Waals surface area contributed by atoms with Crippen LogP contribution in [0.3, 0.4) is 0 Å². The third kappa shape index (κ3) is 2.86. The van der Waals surface area contributed by atoms with Crippen molar-refractivity contribution in [2.24, 2.45) is 22.7 Å². The number of rotatable bonds is 5. The number of esters is 1. The molecule has 0 amide bonds. The molecule has 4 unspecified atom stereocenters. The third-order valence-corrected chi connectivity index (χ3v) is 6.79. The van der Waals surface area contributed by atoms with E-state index in [0.717, 1.165) is 62.4 Å². The average molecular weight is 344 g/mol. The van der Waals surface area contributed by atoms with E-state index >= 15 is 0 Å². The molecule has 0 saturated heterocycles. The lowest BCUT2D eigenvalue weighted by atomic mass is 9.46. The second-order valence-corrected chi connectivity index (χ2v) is 7.97. The normalized spacial score (nSPS) is 35.0. The molecule has 2 aliphatic rings. The molecule has 25 heavy (non-hydrogen) atoms. The van der Waals surface area contributed by atoms with Gasteiger partial charge >= 0.3 is 5.97 Å². The predicted molar refractivity (Wildman–Crippen MR) is 94.9 cm³/mol. The number of carbonyl (C=O) groups excluding carboxylic acids is 2. The van der Waals surface area contributed by atoms with Gasteiger partial charge in [-0.1, -0.05) is 18.6 Å². The van der Waals surface area contributed by atoms with Crippen LogP contribution in [0.25, 0.3) is 0 Å². The monoisotopic (exact) mass is 344 g/mol. The lowest BCUT2D eigenvalue weighted by Gasteiger charge is -2.56. The predicted octanol–water partition coefficient (Wildman–Crippen LogP) is 4.34. The summed E-state index contributed by atoms with van der Waals surface area (Å²) in [7, 11) is 1.45. The van der Waals surface area contributed by atoms with Crippen LogP contribution in [0.5, 0.6) is 0 Å². The van der Waals surface area contributed by atoms with E-state index in [9.17, 15) is 9.59 Å². The Labute approximate surface area is 149 Å². The number of hydrogen-bond donors (Lipinski definition) is 0. The molecule has 0 radical (unpaired) electrons. The van der Waals surface area contributed by atoms with Gasteiger partial charge in [0.25, 0.3) is 0 Å². The van der Waals surface area contributed by atoms with Crippen LogP contribution in [0.15, 0.2) is 35.2 Å². The quantitative estimate of drug-likeness (QED) is 0.453. The van der Waals surface area contributed by atoms with Gasteiger partial charge in [-0.3, -0.25) is 4.79 Å². The maximum absolute atomic E-state index is 12.6. The van der Waals surface area contributed by atoms with E-state index in [4.69, 9.17) is 9.15 Å². The number of fused-ring (bicyclic) bond motifs is 1. The van der Waals surface area contributed by atoms with Crippen molar-refractivity contribution in [2.75, 3.05) is 7.11 Å². The highest BCUT2D eigenvalue weighted by Crippen LogP contribution is 2.61. The second kappa shape index (κ2) is 6.81.